The quantitative estimate of drug-likeness (QED) is 0.568. The number of methoxy groups -OCH3 is 2. The molecule has 10 heteroatoms. The van der Waals surface area contributed by atoms with Crippen molar-refractivity contribution < 1.29 is 32.3 Å². The first-order valence-electron chi connectivity index (χ1n) is 6.14. The van der Waals surface area contributed by atoms with Gasteiger partial charge in [-0.15, -0.1) is 0 Å². The van der Waals surface area contributed by atoms with Gasteiger partial charge in [-0.1, -0.05) is 0 Å². The third-order valence-electron chi connectivity index (χ3n) is 2.89. The second-order valence-electron chi connectivity index (χ2n) is 4.34. The van der Waals surface area contributed by atoms with Crippen LogP contribution in [-0.2, 0) is 29.1 Å². The molecule has 0 saturated carbocycles. The van der Waals surface area contributed by atoms with Crippen LogP contribution in [0, 0.1) is 0 Å². The van der Waals surface area contributed by atoms with Crippen LogP contribution in [0.1, 0.15) is 10.4 Å². The van der Waals surface area contributed by atoms with Gasteiger partial charge in [0.05, 0.1) is 25.9 Å². The van der Waals surface area contributed by atoms with Gasteiger partial charge in [0.15, 0.2) is 0 Å². The fraction of sp³-hybridized carbons (Fsp3) is 0.154. The average molecular weight is 340 g/mol. The third kappa shape index (κ3) is 3.31. The topological polar surface area (TPSA) is 128 Å². The molecule has 0 atom stereocenters. The van der Waals surface area contributed by atoms with Crippen LogP contribution in [0.15, 0.2) is 34.9 Å². The Morgan fingerprint density at radius 3 is 2.52 bits per heavy atom. The summed E-state index contributed by atoms with van der Waals surface area (Å²) in [5.41, 5.74) is -0.0885. The standard InChI is InChI=1S/C13H12N2O7S/c1-21-11(16)6-9(13(18)22-2)14-7-3-4-10-8(5-7)12(17)15-23(10,19)20/h3-6,14H,1-2H3,(H,15,17)/b9-6+. The Morgan fingerprint density at radius 2 is 1.91 bits per heavy atom. The highest BCUT2D eigenvalue weighted by Crippen LogP contribution is 2.26. The summed E-state index contributed by atoms with van der Waals surface area (Å²) in [6.45, 7) is 0. The summed E-state index contributed by atoms with van der Waals surface area (Å²) in [6, 6.07) is 3.78. The van der Waals surface area contributed by atoms with Crippen LogP contribution in [-0.4, -0.2) is 40.5 Å². The number of benzene rings is 1. The highest BCUT2D eigenvalue weighted by Gasteiger charge is 2.32. The second kappa shape index (κ2) is 6.08. The number of anilines is 1. The van der Waals surface area contributed by atoms with E-state index < -0.39 is 27.9 Å². The number of hydrogen-bond donors (Lipinski definition) is 2. The van der Waals surface area contributed by atoms with Crippen molar-refractivity contribution in [3.05, 3.63) is 35.5 Å². The first-order chi connectivity index (χ1) is 10.8. The molecular formula is C13H12N2O7S. The van der Waals surface area contributed by atoms with Crippen molar-refractivity contribution in [2.75, 3.05) is 19.5 Å². The lowest BCUT2D eigenvalue weighted by atomic mass is 10.2. The lowest BCUT2D eigenvalue weighted by Gasteiger charge is -2.09. The molecule has 2 rings (SSSR count). The summed E-state index contributed by atoms with van der Waals surface area (Å²) >= 11 is 0. The van der Waals surface area contributed by atoms with Gasteiger partial charge in [-0.2, -0.15) is 0 Å². The Morgan fingerprint density at radius 1 is 1.22 bits per heavy atom. The van der Waals surface area contributed by atoms with E-state index in [0.717, 1.165) is 20.3 Å². The summed E-state index contributed by atoms with van der Waals surface area (Å²) in [5.74, 6) is -2.41. The molecule has 2 N–H and O–H groups in total. The molecule has 0 saturated heterocycles. The first-order valence-corrected chi connectivity index (χ1v) is 7.63. The predicted molar refractivity (Wildman–Crippen MR) is 76.8 cm³/mol. The fourth-order valence-corrected chi connectivity index (χ4v) is 2.99. The van der Waals surface area contributed by atoms with Gasteiger partial charge in [-0.25, -0.2) is 22.7 Å². The molecule has 122 valence electrons. The van der Waals surface area contributed by atoms with Crippen molar-refractivity contribution in [1.82, 2.24) is 4.72 Å². The number of carbonyl (C=O) groups is 3. The number of amides is 1. The number of hydrogen-bond acceptors (Lipinski definition) is 8. The van der Waals surface area contributed by atoms with E-state index in [1.165, 1.54) is 18.2 Å². The molecule has 1 aliphatic rings. The average Bonchev–Trinajstić information content (AvgIpc) is 2.74. The minimum atomic E-state index is -3.85. The van der Waals surface area contributed by atoms with Crippen LogP contribution in [0.25, 0.3) is 0 Å². The highest BCUT2D eigenvalue weighted by molar-refractivity contribution is 7.90. The van der Waals surface area contributed by atoms with Crippen molar-refractivity contribution in [2.45, 2.75) is 4.90 Å². The van der Waals surface area contributed by atoms with E-state index in [2.05, 4.69) is 14.8 Å². The zero-order valence-corrected chi connectivity index (χ0v) is 12.9. The predicted octanol–water partition coefficient (Wildman–Crippen LogP) is -0.240. The molecule has 0 spiro atoms. The number of sulfonamides is 1. The molecule has 1 amide bonds. The van der Waals surface area contributed by atoms with E-state index in [9.17, 15) is 22.8 Å². The van der Waals surface area contributed by atoms with Crippen molar-refractivity contribution in [3.63, 3.8) is 0 Å². The molecule has 0 aromatic heterocycles. The number of rotatable bonds is 4. The summed E-state index contributed by atoms with van der Waals surface area (Å²) in [4.78, 5) is 34.4. The van der Waals surface area contributed by atoms with Crippen molar-refractivity contribution >= 4 is 33.6 Å². The molecule has 1 aromatic carbocycles. The number of ether oxygens (including phenoxy) is 2. The zero-order valence-electron chi connectivity index (χ0n) is 12.1. The summed E-state index contributed by atoms with van der Waals surface area (Å²) in [5, 5.41) is 2.58. The van der Waals surface area contributed by atoms with Gasteiger partial charge < -0.3 is 14.8 Å². The van der Waals surface area contributed by atoms with Crippen LogP contribution in [0.3, 0.4) is 0 Å². The molecule has 0 fully saturated rings. The van der Waals surface area contributed by atoms with Gasteiger partial charge in [0.25, 0.3) is 15.9 Å². The fourth-order valence-electron chi connectivity index (χ4n) is 1.84. The lowest BCUT2D eigenvalue weighted by Crippen LogP contribution is -2.20. The molecule has 1 heterocycles. The molecule has 0 aliphatic carbocycles. The van der Waals surface area contributed by atoms with Crippen LogP contribution < -0.4 is 10.0 Å². The molecule has 1 aromatic rings. The molecule has 1 aliphatic heterocycles. The number of esters is 2. The molecule has 23 heavy (non-hydrogen) atoms. The minimum absolute atomic E-state index is 0.0720. The maximum absolute atomic E-state index is 11.6. The van der Waals surface area contributed by atoms with E-state index in [-0.39, 0.29) is 21.8 Å². The number of fused-ring (bicyclic) bond motifs is 1. The second-order valence-corrected chi connectivity index (χ2v) is 5.99. The smallest absolute Gasteiger partial charge is 0.354 e. The molecular weight excluding hydrogens is 328 g/mol. The maximum Gasteiger partial charge on any atom is 0.354 e. The largest absolute Gasteiger partial charge is 0.466 e. The van der Waals surface area contributed by atoms with E-state index in [1.54, 1.807) is 0 Å². The first kappa shape index (κ1) is 16.5. The normalized spacial score (nSPS) is 15.4. The van der Waals surface area contributed by atoms with Crippen LogP contribution in [0.4, 0.5) is 5.69 Å². The van der Waals surface area contributed by atoms with Gasteiger partial charge >= 0.3 is 11.9 Å². The minimum Gasteiger partial charge on any atom is -0.466 e. The van der Waals surface area contributed by atoms with Crippen LogP contribution >= 0.6 is 0 Å². The Labute approximate surface area is 131 Å². The molecule has 0 unspecified atom stereocenters. The Bertz CT molecular complexity index is 827. The van der Waals surface area contributed by atoms with E-state index >= 15 is 0 Å². The molecule has 9 nitrogen and oxygen atoms in total. The van der Waals surface area contributed by atoms with Gasteiger partial charge in [-0.3, -0.25) is 4.79 Å². The van der Waals surface area contributed by atoms with E-state index in [4.69, 9.17) is 0 Å². The number of carbonyl (C=O) groups excluding carboxylic acids is 3. The van der Waals surface area contributed by atoms with Gasteiger partial charge in [0.1, 0.15) is 10.6 Å². The van der Waals surface area contributed by atoms with Crippen molar-refractivity contribution in [1.29, 1.82) is 0 Å². The summed E-state index contributed by atoms with van der Waals surface area (Å²) in [7, 11) is -1.59. The van der Waals surface area contributed by atoms with Gasteiger partial charge in [-0.05, 0) is 18.2 Å². The molecule has 0 radical (unpaired) electrons. The Kier molecular flexibility index (Phi) is 4.36. The maximum atomic E-state index is 11.6. The Hall–Kier alpha value is -2.88. The zero-order chi connectivity index (χ0) is 17.2. The van der Waals surface area contributed by atoms with Crippen LogP contribution in [0.5, 0.6) is 0 Å². The summed E-state index contributed by atoms with van der Waals surface area (Å²) < 4.78 is 34.1. The van der Waals surface area contributed by atoms with Crippen LogP contribution in [0.2, 0.25) is 0 Å². The highest BCUT2D eigenvalue weighted by atomic mass is 32.2. The SMILES string of the molecule is COC(=O)/C=C(/Nc1ccc2c(c1)C(=O)NS2(=O)=O)C(=O)OC. The van der Waals surface area contributed by atoms with Gasteiger partial charge in [0, 0.05) is 5.69 Å². The van der Waals surface area contributed by atoms with E-state index in [0.29, 0.717) is 0 Å². The van der Waals surface area contributed by atoms with E-state index in [1.807, 2.05) is 4.72 Å². The monoisotopic (exact) mass is 340 g/mol. The lowest BCUT2D eigenvalue weighted by molar-refractivity contribution is -0.138. The molecule has 0 bridgehead atoms. The van der Waals surface area contributed by atoms with Gasteiger partial charge in [0.2, 0.25) is 0 Å². The van der Waals surface area contributed by atoms with Crippen molar-refractivity contribution in [3.8, 4) is 0 Å². The third-order valence-corrected chi connectivity index (χ3v) is 4.28. The van der Waals surface area contributed by atoms with Crippen molar-refractivity contribution in [2.24, 2.45) is 0 Å². The Balaban J connectivity index is 2.38. The summed E-state index contributed by atoms with van der Waals surface area (Å²) in [6.07, 6.45) is 0.871. The number of nitrogens with one attached hydrogen (secondary N) is 2.